The number of aromatic nitrogens is 1. The number of fused-ring (bicyclic) bond motifs is 1. The van der Waals surface area contributed by atoms with E-state index in [0.29, 0.717) is 17.1 Å². The predicted molar refractivity (Wildman–Crippen MR) is 130 cm³/mol. The standard InChI is InChI=1S/C24H31ClN4O.ClH/c1-26-6-7-27-21-5-2-18-20(28-21)4-3-19(25)23(18)29-22(30)14-24-11-15-8-16(12-24)10-17(9-15)13-24;/h2-5,15-17,26H,6-14H2,1H3,(H,27,28)(H,29,30);1H. The van der Waals surface area contributed by atoms with Gasteiger partial charge in [-0.2, -0.15) is 0 Å². The van der Waals surface area contributed by atoms with Crippen LogP contribution in [0.25, 0.3) is 10.9 Å². The minimum absolute atomic E-state index is 0. The lowest BCUT2D eigenvalue weighted by Gasteiger charge is -2.56. The molecule has 4 fully saturated rings. The van der Waals surface area contributed by atoms with Crippen LogP contribution in [0.5, 0.6) is 0 Å². The maximum atomic E-state index is 13.1. The molecule has 4 aliphatic rings. The molecule has 1 amide bonds. The monoisotopic (exact) mass is 462 g/mol. The van der Waals surface area contributed by atoms with Crippen LogP contribution in [0, 0.1) is 23.2 Å². The lowest BCUT2D eigenvalue weighted by molar-refractivity contribution is -0.124. The molecule has 5 nitrogen and oxygen atoms in total. The summed E-state index contributed by atoms with van der Waals surface area (Å²) in [5.41, 5.74) is 1.75. The molecule has 4 bridgehead atoms. The number of halogens is 2. The molecular weight excluding hydrogens is 431 g/mol. The van der Waals surface area contributed by atoms with Crippen molar-refractivity contribution in [2.45, 2.75) is 44.9 Å². The first kappa shape index (κ1) is 22.6. The van der Waals surface area contributed by atoms with Gasteiger partial charge in [0.05, 0.1) is 16.2 Å². The Labute approximate surface area is 195 Å². The van der Waals surface area contributed by atoms with E-state index in [0.717, 1.165) is 47.6 Å². The molecule has 0 atom stereocenters. The third-order valence-electron chi connectivity index (χ3n) is 7.47. The summed E-state index contributed by atoms with van der Waals surface area (Å²) in [5, 5.41) is 11.0. The summed E-state index contributed by atoms with van der Waals surface area (Å²) in [7, 11) is 1.93. The van der Waals surface area contributed by atoms with E-state index < -0.39 is 0 Å². The Morgan fingerprint density at radius 1 is 1.06 bits per heavy atom. The number of likely N-dealkylation sites (N-methyl/N-ethyl adjacent to an activating group) is 1. The van der Waals surface area contributed by atoms with Gasteiger partial charge in [0, 0.05) is 24.9 Å². The van der Waals surface area contributed by atoms with Gasteiger partial charge in [-0.3, -0.25) is 4.79 Å². The molecule has 31 heavy (non-hydrogen) atoms. The first-order valence-electron chi connectivity index (χ1n) is 11.3. The topological polar surface area (TPSA) is 66.0 Å². The summed E-state index contributed by atoms with van der Waals surface area (Å²) < 4.78 is 0. The zero-order valence-corrected chi connectivity index (χ0v) is 19.6. The van der Waals surface area contributed by atoms with Crippen molar-refractivity contribution < 1.29 is 4.79 Å². The second-order valence-electron chi connectivity index (χ2n) is 9.86. The minimum atomic E-state index is 0. The van der Waals surface area contributed by atoms with E-state index in [1.54, 1.807) is 0 Å². The van der Waals surface area contributed by atoms with Crippen molar-refractivity contribution in [3.63, 3.8) is 0 Å². The molecule has 3 N–H and O–H groups in total. The summed E-state index contributed by atoms with van der Waals surface area (Å²) in [6.07, 6.45) is 8.52. The zero-order chi connectivity index (χ0) is 20.7. The van der Waals surface area contributed by atoms with Crippen LogP contribution in [0.2, 0.25) is 5.02 Å². The average Bonchev–Trinajstić information content (AvgIpc) is 2.69. The van der Waals surface area contributed by atoms with Gasteiger partial charge in [0.25, 0.3) is 0 Å². The number of carbonyl (C=O) groups is 1. The number of anilines is 2. The number of benzene rings is 1. The van der Waals surface area contributed by atoms with E-state index in [1.165, 1.54) is 38.5 Å². The lowest BCUT2D eigenvalue weighted by atomic mass is 9.49. The number of nitrogens with zero attached hydrogens (tertiary/aromatic N) is 1. The van der Waals surface area contributed by atoms with E-state index in [-0.39, 0.29) is 23.7 Å². The van der Waals surface area contributed by atoms with Crippen molar-refractivity contribution in [2.24, 2.45) is 23.2 Å². The molecule has 6 rings (SSSR count). The van der Waals surface area contributed by atoms with Crippen molar-refractivity contribution in [3.8, 4) is 0 Å². The SMILES string of the molecule is CNCCNc1ccc2c(NC(=O)CC34CC5CC(CC(C5)C3)C4)c(Cl)ccc2n1.Cl. The highest BCUT2D eigenvalue weighted by Crippen LogP contribution is 2.61. The summed E-state index contributed by atoms with van der Waals surface area (Å²) in [6.45, 7) is 1.67. The average molecular weight is 463 g/mol. The molecular formula is C24H32Cl2N4O. The van der Waals surface area contributed by atoms with Gasteiger partial charge in [0.15, 0.2) is 0 Å². The number of nitrogens with one attached hydrogen (secondary N) is 3. The highest BCUT2D eigenvalue weighted by molar-refractivity contribution is 6.35. The Morgan fingerprint density at radius 2 is 1.74 bits per heavy atom. The van der Waals surface area contributed by atoms with Crippen LogP contribution in [0.1, 0.15) is 44.9 Å². The lowest BCUT2D eigenvalue weighted by Crippen LogP contribution is -2.47. The minimum Gasteiger partial charge on any atom is -0.369 e. The Kier molecular flexibility index (Phi) is 6.66. The maximum Gasteiger partial charge on any atom is 0.224 e. The maximum absolute atomic E-state index is 13.1. The van der Waals surface area contributed by atoms with Crippen molar-refractivity contribution in [2.75, 3.05) is 30.8 Å². The molecule has 4 aliphatic carbocycles. The van der Waals surface area contributed by atoms with Crippen LogP contribution in [0.4, 0.5) is 11.5 Å². The number of pyridine rings is 1. The van der Waals surface area contributed by atoms with Crippen LogP contribution in [-0.4, -0.2) is 31.0 Å². The van der Waals surface area contributed by atoms with Gasteiger partial charge in [-0.15, -0.1) is 12.4 Å². The van der Waals surface area contributed by atoms with E-state index in [4.69, 9.17) is 11.6 Å². The van der Waals surface area contributed by atoms with E-state index in [1.807, 2.05) is 31.3 Å². The van der Waals surface area contributed by atoms with Crippen LogP contribution < -0.4 is 16.0 Å². The molecule has 168 valence electrons. The van der Waals surface area contributed by atoms with E-state index in [2.05, 4.69) is 20.9 Å². The van der Waals surface area contributed by atoms with Gasteiger partial charge < -0.3 is 16.0 Å². The third kappa shape index (κ3) is 4.64. The molecule has 1 aromatic heterocycles. The van der Waals surface area contributed by atoms with Gasteiger partial charge >= 0.3 is 0 Å². The van der Waals surface area contributed by atoms with Crippen molar-refractivity contribution >= 4 is 52.3 Å². The van der Waals surface area contributed by atoms with Crippen LogP contribution >= 0.6 is 24.0 Å². The molecule has 0 radical (unpaired) electrons. The fraction of sp³-hybridized carbons (Fsp3) is 0.583. The van der Waals surface area contributed by atoms with Crippen molar-refractivity contribution in [1.82, 2.24) is 10.3 Å². The summed E-state index contributed by atoms with van der Waals surface area (Å²) >= 11 is 6.50. The van der Waals surface area contributed by atoms with Gasteiger partial charge in [-0.1, -0.05) is 11.6 Å². The fourth-order valence-electron chi connectivity index (χ4n) is 6.75. The number of rotatable bonds is 7. The molecule has 7 heteroatoms. The molecule has 0 saturated heterocycles. The zero-order valence-electron chi connectivity index (χ0n) is 18.0. The molecule has 0 unspecified atom stereocenters. The number of hydrogen-bond acceptors (Lipinski definition) is 4. The van der Waals surface area contributed by atoms with Crippen LogP contribution in [-0.2, 0) is 4.79 Å². The second kappa shape index (κ2) is 9.13. The highest BCUT2D eigenvalue weighted by Gasteiger charge is 2.51. The highest BCUT2D eigenvalue weighted by atomic mass is 35.5. The normalized spacial score (nSPS) is 28.4. The first-order chi connectivity index (χ1) is 14.5. The van der Waals surface area contributed by atoms with E-state index >= 15 is 0 Å². The molecule has 2 aromatic rings. The van der Waals surface area contributed by atoms with Crippen molar-refractivity contribution in [1.29, 1.82) is 0 Å². The number of amides is 1. The van der Waals surface area contributed by atoms with Crippen LogP contribution in [0.15, 0.2) is 24.3 Å². The van der Waals surface area contributed by atoms with E-state index in [9.17, 15) is 4.79 Å². The number of hydrogen-bond donors (Lipinski definition) is 3. The molecule has 0 aliphatic heterocycles. The Bertz CT molecular complexity index is 929. The van der Waals surface area contributed by atoms with Gasteiger partial charge in [-0.05, 0) is 93.0 Å². The molecule has 4 saturated carbocycles. The third-order valence-corrected chi connectivity index (χ3v) is 7.78. The Balaban J connectivity index is 0.00000231. The van der Waals surface area contributed by atoms with Gasteiger partial charge in [0.1, 0.15) is 5.82 Å². The summed E-state index contributed by atoms with van der Waals surface area (Å²) in [6, 6.07) is 7.68. The summed E-state index contributed by atoms with van der Waals surface area (Å²) in [4.78, 5) is 17.8. The smallest absolute Gasteiger partial charge is 0.224 e. The summed E-state index contributed by atoms with van der Waals surface area (Å²) in [5.74, 6) is 3.48. The Hall–Kier alpha value is -1.56. The van der Waals surface area contributed by atoms with Crippen LogP contribution in [0.3, 0.4) is 0 Å². The fourth-order valence-corrected chi connectivity index (χ4v) is 6.96. The number of carbonyl (C=O) groups excluding carboxylic acids is 1. The molecule has 1 heterocycles. The predicted octanol–water partition coefficient (Wildman–Crippen LogP) is 5.49. The largest absolute Gasteiger partial charge is 0.369 e. The van der Waals surface area contributed by atoms with Crippen molar-refractivity contribution in [3.05, 3.63) is 29.3 Å². The quantitative estimate of drug-likeness (QED) is 0.476. The molecule has 0 spiro atoms. The first-order valence-corrected chi connectivity index (χ1v) is 11.7. The van der Waals surface area contributed by atoms with Gasteiger partial charge in [0.2, 0.25) is 5.91 Å². The Morgan fingerprint density at radius 3 is 2.39 bits per heavy atom. The second-order valence-corrected chi connectivity index (χ2v) is 10.3. The van der Waals surface area contributed by atoms with Gasteiger partial charge in [-0.25, -0.2) is 4.98 Å². The molecule has 1 aromatic carbocycles.